The zero-order chi connectivity index (χ0) is 14.0. The first kappa shape index (κ1) is 13.6. The Morgan fingerprint density at radius 1 is 1.42 bits per heavy atom. The summed E-state index contributed by atoms with van der Waals surface area (Å²) in [7, 11) is 1.54. The number of hydrogen-bond acceptors (Lipinski definition) is 5. The van der Waals surface area contributed by atoms with Gasteiger partial charge >= 0.3 is 6.09 Å². The van der Waals surface area contributed by atoms with E-state index in [4.69, 9.17) is 9.47 Å². The van der Waals surface area contributed by atoms with Gasteiger partial charge in [-0.2, -0.15) is 0 Å². The third-order valence-corrected chi connectivity index (χ3v) is 2.83. The largest absolute Gasteiger partial charge is 0.480 e. The summed E-state index contributed by atoms with van der Waals surface area (Å²) in [6.07, 6.45) is 3.75. The molecule has 6 heteroatoms. The summed E-state index contributed by atoms with van der Waals surface area (Å²) >= 11 is 0. The van der Waals surface area contributed by atoms with Gasteiger partial charge in [-0.05, 0) is 27.2 Å². The summed E-state index contributed by atoms with van der Waals surface area (Å²) in [6, 6.07) is -0.0718. The van der Waals surface area contributed by atoms with Crippen LogP contribution in [0.2, 0.25) is 0 Å². The van der Waals surface area contributed by atoms with Crippen molar-refractivity contribution in [2.24, 2.45) is 0 Å². The lowest BCUT2D eigenvalue weighted by Crippen LogP contribution is -2.47. The summed E-state index contributed by atoms with van der Waals surface area (Å²) in [4.78, 5) is 22.0. The quantitative estimate of drug-likeness (QED) is 0.820. The Hall–Kier alpha value is -1.85. The van der Waals surface area contributed by atoms with Gasteiger partial charge < -0.3 is 9.47 Å². The van der Waals surface area contributed by atoms with Crippen LogP contribution in [0.25, 0.3) is 0 Å². The maximum atomic E-state index is 12.0. The second kappa shape index (κ2) is 5.03. The molecule has 2 rings (SSSR count). The molecular formula is C13H19N3O3. The Bertz CT molecular complexity index is 470. The minimum atomic E-state index is -0.489. The summed E-state index contributed by atoms with van der Waals surface area (Å²) in [6.45, 7) is 6.24. The van der Waals surface area contributed by atoms with Crippen LogP contribution in [0.5, 0.6) is 5.88 Å². The van der Waals surface area contributed by atoms with Crippen molar-refractivity contribution in [3.8, 4) is 5.88 Å². The Morgan fingerprint density at radius 3 is 2.68 bits per heavy atom. The second-order valence-corrected chi connectivity index (χ2v) is 5.46. The molecule has 1 aromatic rings. The average molecular weight is 265 g/mol. The van der Waals surface area contributed by atoms with Crippen LogP contribution >= 0.6 is 0 Å². The van der Waals surface area contributed by atoms with Crippen molar-refractivity contribution in [3.05, 3.63) is 18.1 Å². The number of carbonyl (C=O) groups is 1. The molecule has 0 spiro atoms. The molecule has 0 N–H and O–H groups in total. The number of hydrogen-bond donors (Lipinski definition) is 0. The molecule has 0 saturated carbocycles. The second-order valence-electron chi connectivity index (χ2n) is 5.46. The van der Waals surface area contributed by atoms with E-state index in [0.29, 0.717) is 12.4 Å². The monoisotopic (exact) mass is 265 g/mol. The highest BCUT2D eigenvalue weighted by Crippen LogP contribution is 2.33. The van der Waals surface area contributed by atoms with E-state index in [1.54, 1.807) is 24.4 Å². The van der Waals surface area contributed by atoms with Crippen molar-refractivity contribution < 1.29 is 14.3 Å². The molecule has 0 aliphatic carbocycles. The minimum Gasteiger partial charge on any atom is -0.480 e. The predicted octanol–water partition coefficient (Wildman–Crippen LogP) is 2.17. The molecule has 104 valence electrons. The normalized spacial score (nSPS) is 18.7. The van der Waals surface area contributed by atoms with Crippen molar-refractivity contribution >= 4 is 6.09 Å². The van der Waals surface area contributed by atoms with E-state index in [1.807, 2.05) is 20.8 Å². The van der Waals surface area contributed by atoms with E-state index in [2.05, 4.69) is 9.97 Å². The fourth-order valence-corrected chi connectivity index (χ4v) is 1.86. The first-order valence-electron chi connectivity index (χ1n) is 6.26. The lowest BCUT2D eigenvalue weighted by atomic mass is 10.0. The first-order chi connectivity index (χ1) is 8.90. The van der Waals surface area contributed by atoms with E-state index in [-0.39, 0.29) is 12.1 Å². The topological polar surface area (TPSA) is 64.5 Å². The number of methoxy groups -OCH3 is 1. The van der Waals surface area contributed by atoms with Gasteiger partial charge in [0.05, 0.1) is 31.2 Å². The van der Waals surface area contributed by atoms with E-state index in [9.17, 15) is 4.79 Å². The maximum absolute atomic E-state index is 12.0. The molecule has 19 heavy (non-hydrogen) atoms. The Labute approximate surface area is 112 Å². The van der Waals surface area contributed by atoms with Gasteiger partial charge in [0.15, 0.2) is 0 Å². The lowest BCUT2D eigenvalue weighted by molar-refractivity contribution is -0.00668. The number of nitrogens with zero attached hydrogens (tertiary/aromatic N) is 3. The van der Waals surface area contributed by atoms with Crippen molar-refractivity contribution in [1.29, 1.82) is 0 Å². The van der Waals surface area contributed by atoms with Gasteiger partial charge in [-0.3, -0.25) is 9.88 Å². The zero-order valence-corrected chi connectivity index (χ0v) is 11.7. The lowest BCUT2D eigenvalue weighted by Gasteiger charge is -2.40. The number of carbonyl (C=O) groups excluding carboxylic acids is 1. The highest BCUT2D eigenvalue weighted by atomic mass is 16.6. The van der Waals surface area contributed by atoms with Gasteiger partial charge in [0.2, 0.25) is 5.88 Å². The van der Waals surface area contributed by atoms with Crippen LogP contribution in [-0.4, -0.2) is 40.2 Å². The van der Waals surface area contributed by atoms with Crippen molar-refractivity contribution in [3.63, 3.8) is 0 Å². The number of ether oxygens (including phenoxy) is 2. The molecule has 2 heterocycles. The van der Waals surface area contributed by atoms with E-state index in [0.717, 1.165) is 12.1 Å². The predicted molar refractivity (Wildman–Crippen MR) is 68.9 cm³/mol. The molecule has 0 aromatic carbocycles. The van der Waals surface area contributed by atoms with Crippen LogP contribution in [0.4, 0.5) is 4.79 Å². The summed E-state index contributed by atoms with van der Waals surface area (Å²) in [5, 5.41) is 0. The molecule has 1 unspecified atom stereocenters. The average Bonchev–Trinajstić information content (AvgIpc) is 2.25. The molecule has 0 radical (unpaired) electrons. The van der Waals surface area contributed by atoms with Gasteiger partial charge in [0, 0.05) is 6.54 Å². The SMILES string of the molecule is COc1cncc(C2CCN2C(=O)OC(C)(C)C)n1. The molecule has 1 atom stereocenters. The maximum Gasteiger partial charge on any atom is 0.410 e. The van der Waals surface area contributed by atoms with Crippen molar-refractivity contribution in [2.45, 2.75) is 38.8 Å². The van der Waals surface area contributed by atoms with Gasteiger partial charge in [0.25, 0.3) is 0 Å². The van der Waals surface area contributed by atoms with Gasteiger partial charge in [-0.15, -0.1) is 0 Å². The molecule has 1 aromatic heterocycles. The molecule has 1 aliphatic heterocycles. The molecule has 0 bridgehead atoms. The number of likely N-dealkylation sites (tertiary alicyclic amines) is 1. The summed E-state index contributed by atoms with van der Waals surface area (Å²) in [5.74, 6) is 0.452. The standard InChI is InChI=1S/C13H19N3O3/c1-13(2,3)19-12(17)16-6-5-10(16)9-7-14-8-11(15-9)18-4/h7-8,10H,5-6H2,1-4H3. The highest BCUT2D eigenvalue weighted by molar-refractivity contribution is 5.69. The Morgan fingerprint density at radius 2 is 2.16 bits per heavy atom. The van der Waals surface area contributed by atoms with Crippen LogP contribution < -0.4 is 4.74 Å². The molecular weight excluding hydrogens is 246 g/mol. The summed E-state index contributed by atoms with van der Waals surface area (Å²) < 4.78 is 10.4. The molecule has 1 saturated heterocycles. The third-order valence-electron chi connectivity index (χ3n) is 2.83. The zero-order valence-electron chi connectivity index (χ0n) is 11.7. The van der Waals surface area contributed by atoms with Gasteiger partial charge in [0.1, 0.15) is 5.60 Å². The molecule has 1 fully saturated rings. The van der Waals surface area contributed by atoms with Crippen LogP contribution in [-0.2, 0) is 4.74 Å². The molecule has 1 amide bonds. The van der Waals surface area contributed by atoms with Crippen molar-refractivity contribution in [2.75, 3.05) is 13.7 Å². The van der Waals surface area contributed by atoms with Crippen LogP contribution in [0.3, 0.4) is 0 Å². The minimum absolute atomic E-state index is 0.0718. The molecule has 1 aliphatic rings. The molecule has 6 nitrogen and oxygen atoms in total. The van der Waals surface area contributed by atoms with Crippen molar-refractivity contribution in [1.82, 2.24) is 14.9 Å². The number of aromatic nitrogens is 2. The van der Waals surface area contributed by atoms with Gasteiger partial charge in [-0.1, -0.05) is 0 Å². The van der Waals surface area contributed by atoms with Crippen LogP contribution in [0, 0.1) is 0 Å². The number of amides is 1. The smallest absolute Gasteiger partial charge is 0.410 e. The first-order valence-corrected chi connectivity index (χ1v) is 6.26. The Kier molecular flexibility index (Phi) is 3.59. The van der Waals surface area contributed by atoms with Gasteiger partial charge in [-0.25, -0.2) is 9.78 Å². The van der Waals surface area contributed by atoms with E-state index in [1.165, 1.54) is 0 Å². The van der Waals surface area contributed by atoms with Crippen LogP contribution in [0.15, 0.2) is 12.4 Å². The Balaban J connectivity index is 2.07. The third kappa shape index (κ3) is 3.13. The fourth-order valence-electron chi connectivity index (χ4n) is 1.86. The summed E-state index contributed by atoms with van der Waals surface area (Å²) in [5.41, 5.74) is 0.244. The fraction of sp³-hybridized carbons (Fsp3) is 0.615. The van der Waals surface area contributed by atoms with E-state index >= 15 is 0 Å². The highest BCUT2D eigenvalue weighted by Gasteiger charge is 2.37. The van der Waals surface area contributed by atoms with Crippen LogP contribution in [0.1, 0.15) is 38.9 Å². The van der Waals surface area contributed by atoms with E-state index < -0.39 is 5.60 Å². The number of rotatable bonds is 2.